The van der Waals surface area contributed by atoms with Crippen molar-refractivity contribution in [1.82, 2.24) is 10.1 Å². The van der Waals surface area contributed by atoms with Crippen LogP contribution in [0.3, 0.4) is 0 Å². The zero-order chi connectivity index (χ0) is 20.2. The second-order valence-electron chi connectivity index (χ2n) is 7.01. The highest BCUT2D eigenvalue weighted by atomic mass is 35.5. The van der Waals surface area contributed by atoms with Crippen LogP contribution in [0, 0.1) is 5.82 Å². The number of anilines is 1. The summed E-state index contributed by atoms with van der Waals surface area (Å²) in [6, 6.07) is 13.9. The average Bonchev–Trinajstić information content (AvgIpc) is 3.22. The van der Waals surface area contributed by atoms with Crippen LogP contribution in [-0.4, -0.2) is 42.1 Å². The molecular weight excluding hydrogens is 393 g/mol. The molecule has 150 valence electrons. The molecule has 4 rings (SSSR count). The van der Waals surface area contributed by atoms with E-state index in [4.69, 9.17) is 16.1 Å². The lowest BCUT2D eigenvalue weighted by Crippen LogP contribution is -2.48. The molecule has 29 heavy (non-hydrogen) atoms. The highest BCUT2D eigenvalue weighted by molar-refractivity contribution is 6.33. The van der Waals surface area contributed by atoms with Crippen molar-refractivity contribution in [1.29, 1.82) is 0 Å². The minimum absolute atomic E-state index is 0.107. The summed E-state index contributed by atoms with van der Waals surface area (Å²) in [6.45, 7) is 2.84. The number of aromatic nitrogens is 1. The van der Waals surface area contributed by atoms with Crippen molar-refractivity contribution in [2.45, 2.75) is 12.8 Å². The Morgan fingerprint density at radius 2 is 1.79 bits per heavy atom. The average molecular weight is 414 g/mol. The van der Waals surface area contributed by atoms with E-state index in [0.717, 1.165) is 34.9 Å². The Bertz CT molecular complexity index is 982. The van der Waals surface area contributed by atoms with Gasteiger partial charge in [0.05, 0.1) is 10.7 Å². The third-order valence-corrected chi connectivity index (χ3v) is 5.51. The van der Waals surface area contributed by atoms with E-state index < -0.39 is 0 Å². The molecule has 0 spiro atoms. The monoisotopic (exact) mass is 413 g/mol. The molecule has 0 unspecified atom stereocenters. The summed E-state index contributed by atoms with van der Waals surface area (Å²) in [7, 11) is 0. The van der Waals surface area contributed by atoms with Crippen molar-refractivity contribution >= 4 is 23.2 Å². The highest BCUT2D eigenvalue weighted by Crippen LogP contribution is 2.27. The molecule has 0 radical (unpaired) electrons. The quantitative estimate of drug-likeness (QED) is 0.621. The second kappa shape index (κ2) is 8.66. The zero-order valence-electron chi connectivity index (χ0n) is 15.9. The summed E-state index contributed by atoms with van der Waals surface area (Å²) in [6.07, 6.45) is 2.46. The Morgan fingerprint density at radius 1 is 1.07 bits per heavy atom. The van der Waals surface area contributed by atoms with E-state index in [1.54, 1.807) is 18.4 Å². The molecule has 2 heterocycles. The van der Waals surface area contributed by atoms with Gasteiger partial charge in [-0.1, -0.05) is 28.9 Å². The van der Waals surface area contributed by atoms with Crippen LogP contribution < -0.4 is 4.90 Å². The van der Waals surface area contributed by atoms with Gasteiger partial charge in [-0.05, 0) is 42.8 Å². The summed E-state index contributed by atoms with van der Waals surface area (Å²) < 4.78 is 18.2. The van der Waals surface area contributed by atoms with Crippen LogP contribution in [0.25, 0.3) is 11.3 Å². The first-order valence-electron chi connectivity index (χ1n) is 9.58. The van der Waals surface area contributed by atoms with Gasteiger partial charge in [0.25, 0.3) is 0 Å². The molecule has 0 bridgehead atoms. The van der Waals surface area contributed by atoms with Gasteiger partial charge in [0, 0.05) is 43.7 Å². The third kappa shape index (κ3) is 4.43. The molecule has 1 aliphatic heterocycles. The van der Waals surface area contributed by atoms with Crippen molar-refractivity contribution in [3.05, 3.63) is 71.2 Å². The lowest BCUT2D eigenvalue weighted by molar-refractivity contribution is -0.131. The molecule has 0 saturated carbocycles. The maximum absolute atomic E-state index is 13.1. The summed E-state index contributed by atoms with van der Waals surface area (Å²) in [5.41, 5.74) is 3.28. The van der Waals surface area contributed by atoms with Crippen LogP contribution in [0.2, 0.25) is 5.02 Å². The predicted molar refractivity (Wildman–Crippen MR) is 110 cm³/mol. The molecule has 7 heteroatoms. The topological polar surface area (TPSA) is 49.6 Å². The van der Waals surface area contributed by atoms with Gasteiger partial charge in [-0.3, -0.25) is 4.79 Å². The number of aryl methyl sites for hydroxylation is 1. The van der Waals surface area contributed by atoms with Gasteiger partial charge in [0.1, 0.15) is 17.8 Å². The Hall–Kier alpha value is -2.86. The van der Waals surface area contributed by atoms with Crippen LogP contribution in [0.15, 0.2) is 59.3 Å². The summed E-state index contributed by atoms with van der Waals surface area (Å²) >= 11 is 6.28. The van der Waals surface area contributed by atoms with Gasteiger partial charge in [0.2, 0.25) is 5.91 Å². The standard InChI is InChI=1S/C22H21ClFN3O2/c23-19-3-1-2-4-20(19)26-11-13-27(14-12-26)21(28)10-7-17-15-29-25-22(17)16-5-8-18(24)9-6-16/h1-6,8-9,15H,7,10-14H2. The number of hydrogen-bond acceptors (Lipinski definition) is 4. The Labute approximate surface area is 173 Å². The van der Waals surface area contributed by atoms with E-state index in [9.17, 15) is 9.18 Å². The molecule has 1 fully saturated rings. The minimum atomic E-state index is -0.301. The number of carbonyl (C=O) groups excluding carboxylic acids is 1. The van der Waals surface area contributed by atoms with Gasteiger partial charge < -0.3 is 14.3 Å². The fourth-order valence-electron chi connectivity index (χ4n) is 3.58. The van der Waals surface area contributed by atoms with E-state index in [-0.39, 0.29) is 11.7 Å². The maximum atomic E-state index is 13.1. The number of amides is 1. The molecule has 1 aliphatic rings. The van der Waals surface area contributed by atoms with E-state index in [1.165, 1.54) is 12.1 Å². The van der Waals surface area contributed by atoms with Crippen molar-refractivity contribution in [3.8, 4) is 11.3 Å². The Morgan fingerprint density at radius 3 is 2.52 bits per heavy atom. The van der Waals surface area contributed by atoms with E-state index in [2.05, 4.69) is 10.1 Å². The van der Waals surface area contributed by atoms with Crippen molar-refractivity contribution in [3.63, 3.8) is 0 Å². The number of halogens is 2. The molecule has 1 aromatic heterocycles. The van der Waals surface area contributed by atoms with Crippen molar-refractivity contribution in [2.75, 3.05) is 31.1 Å². The summed E-state index contributed by atoms with van der Waals surface area (Å²) in [4.78, 5) is 16.8. The third-order valence-electron chi connectivity index (χ3n) is 5.19. The molecular formula is C22H21ClFN3O2. The van der Waals surface area contributed by atoms with Gasteiger partial charge in [-0.15, -0.1) is 0 Å². The fourth-order valence-corrected chi connectivity index (χ4v) is 3.84. The maximum Gasteiger partial charge on any atom is 0.223 e. The smallest absolute Gasteiger partial charge is 0.223 e. The first-order chi connectivity index (χ1) is 14.1. The van der Waals surface area contributed by atoms with Gasteiger partial charge in [0.15, 0.2) is 0 Å². The fraction of sp³-hybridized carbons (Fsp3) is 0.273. The molecule has 0 atom stereocenters. The van der Waals surface area contributed by atoms with Crippen LogP contribution >= 0.6 is 11.6 Å². The van der Waals surface area contributed by atoms with Crippen molar-refractivity contribution in [2.24, 2.45) is 0 Å². The molecule has 1 saturated heterocycles. The predicted octanol–water partition coefficient (Wildman–Crippen LogP) is 4.42. The molecule has 1 amide bonds. The largest absolute Gasteiger partial charge is 0.367 e. The van der Waals surface area contributed by atoms with E-state index >= 15 is 0 Å². The number of hydrogen-bond donors (Lipinski definition) is 0. The summed E-state index contributed by atoms with van der Waals surface area (Å²) in [5, 5.41) is 4.75. The lowest BCUT2D eigenvalue weighted by atomic mass is 10.0. The molecule has 0 aliphatic carbocycles. The molecule has 3 aromatic rings. The first-order valence-corrected chi connectivity index (χ1v) is 9.96. The lowest BCUT2D eigenvalue weighted by Gasteiger charge is -2.36. The number of rotatable bonds is 5. The second-order valence-corrected chi connectivity index (χ2v) is 7.42. The normalized spacial score (nSPS) is 14.3. The highest BCUT2D eigenvalue weighted by Gasteiger charge is 2.22. The number of nitrogens with zero attached hydrogens (tertiary/aromatic N) is 3. The van der Waals surface area contributed by atoms with Gasteiger partial charge in [-0.25, -0.2) is 4.39 Å². The van der Waals surface area contributed by atoms with Crippen molar-refractivity contribution < 1.29 is 13.7 Å². The SMILES string of the molecule is O=C(CCc1conc1-c1ccc(F)cc1)N1CCN(c2ccccc2Cl)CC1. The van der Waals surface area contributed by atoms with Crippen LogP contribution in [0.1, 0.15) is 12.0 Å². The van der Waals surface area contributed by atoms with Crippen LogP contribution in [-0.2, 0) is 11.2 Å². The van der Waals surface area contributed by atoms with E-state index in [0.29, 0.717) is 31.6 Å². The first kappa shape index (κ1) is 19.5. The molecule has 2 aromatic carbocycles. The molecule has 5 nitrogen and oxygen atoms in total. The Balaban J connectivity index is 1.33. The molecule has 0 N–H and O–H groups in total. The van der Waals surface area contributed by atoms with Gasteiger partial charge >= 0.3 is 0 Å². The van der Waals surface area contributed by atoms with Crippen LogP contribution in [0.4, 0.5) is 10.1 Å². The van der Waals surface area contributed by atoms with E-state index in [1.807, 2.05) is 29.2 Å². The number of benzene rings is 2. The zero-order valence-corrected chi connectivity index (χ0v) is 16.6. The number of piperazine rings is 1. The van der Waals surface area contributed by atoms with Crippen LogP contribution in [0.5, 0.6) is 0 Å². The minimum Gasteiger partial charge on any atom is -0.367 e. The number of para-hydroxylation sites is 1. The Kier molecular flexibility index (Phi) is 5.81. The number of carbonyl (C=O) groups is 1. The van der Waals surface area contributed by atoms with Gasteiger partial charge in [-0.2, -0.15) is 0 Å². The summed E-state index contributed by atoms with van der Waals surface area (Å²) in [5.74, 6) is -0.194.